The molecule has 2 aromatic heterocycles. The molecule has 2 rings (SSSR count). The van der Waals surface area contributed by atoms with Gasteiger partial charge in [0.05, 0.1) is 6.20 Å². The third-order valence-electron chi connectivity index (χ3n) is 1.49. The van der Waals surface area contributed by atoms with Crippen molar-refractivity contribution in [2.75, 3.05) is 0 Å². The third-order valence-corrected chi connectivity index (χ3v) is 1.49. The molecule has 0 aromatic carbocycles. The van der Waals surface area contributed by atoms with Crippen LogP contribution in [0.15, 0.2) is 29.5 Å². The van der Waals surface area contributed by atoms with E-state index in [4.69, 9.17) is 0 Å². The van der Waals surface area contributed by atoms with Crippen LogP contribution in [0, 0.1) is 0 Å². The highest BCUT2D eigenvalue weighted by atomic mass is 16.1. The molecule has 12 heavy (non-hydrogen) atoms. The lowest BCUT2D eigenvalue weighted by Crippen LogP contribution is -2.05. The molecule has 2 aromatic rings. The van der Waals surface area contributed by atoms with Crippen molar-refractivity contribution in [2.24, 2.45) is 0 Å². The monoisotopic (exact) mass is 162 g/mol. The molecule has 0 bridgehead atoms. The number of hydrogen-bond acceptors (Lipinski definition) is 3. The summed E-state index contributed by atoms with van der Waals surface area (Å²) in [6.07, 6.45) is 4.67. The topological polar surface area (TPSA) is 74.4 Å². The SMILES string of the molecule is O=c1cc[nH]nc1-c1cn[nH]c1. The van der Waals surface area contributed by atoms with E-state index in [1.807, 2.05) is 0 Å². The van der Waals surface area contributed by atoms with E-state index in [0.29, 0.717) is 11.3 Å². The molecule has 0 saturated carbocycles. The number of aromatic amines is 2. The predicted molar refractivity (Wildman–Crippen MR) is 42.4 cm³/mol. The van der Waals surface area contributed by atoms with Crippen molar-refractivity contribution in [3.8, 4) is 11.3 Å². The fourth-order valence-corrected chi connectivity index (χ4v) is 0.936. The lowest BCUT2D eigenvalue weighted by molar-refractivity contribution is 1.03. The van der Waals surface area contributed by atoms with E-state index in [0.717, 1.165) is 0 Å². The fourth-order valence-electron chi connectivity index (χ4n) is 0.936. The maximum Gasteiger partial charge on any atom is 0.208 e. The molecule has 0 amide bonds. The van der Waals surface area contributed by atoms with Crippen LogP contribution in [0.25, 0.3) is 11.3 Å². The highest BCUT2D eigenvalue weighted by molar-refractivity contribution is 5.55. The van der Waals surface area contributed by atoms with E-state index >= 15 is 0 Å². The molecule has 2 N–H and O–H groups in total. The zero-order valence-electron chi connectivity index (χ0n) is 6.11. The van der Waals surface area contributed by atoms with Crippen LogP contribution in [-0.2, 0) is 0 Å². The van der Waals surface area contributed by atoms with Gasteiger partial charge in [0.15, 0.2) is 0 Å². The second-order valence-corrected chi connectivity index (χ2v) is 2.27. The molecule has 0 aliphatic rings. The first-order chi connectivity index (χ1) is 5.88. The van der Waals surface area contributed by atoms with Gasteiger partial charge in [0.1, 0.15) is 5.69 Å². The normalized spacial score (nSPS) is 10.0. The summed E-state index contributed by atoms with van der Waals surface area (Å²) in [5.41, 5.74) is 0.957. The molecule has 0 fully saturated rings. The van der Waals surface area contributed by atoms with Gasteiger partial charge in [0.2, 0.25) is 5.43 Å². The number of aromatic nitrogens is 4. The first kappa shape index (κ1) is 6.78. The average molecular weight is 162 g/mol. The molecular formula is C7H6N4O. The minimum absolute atomic E-state index is 0.116. The lowest BCUT2D eigenvalue weighted by Gasteiger charge is -1.90. The molecule has 0 saturated heterocycles. The second kappa shape index (κ2) is 2.61. The van der Waals surface area contributed by atoms with Gasteiger partial charge in [0, 0.05) is 24.0 Å². The first-order valence-electron chi connectivity index (χ1n) is 3.41. The van der Waals surface area contributed by atoms with Crippen LogP contribution in [0.4, 0.5) is 0 Å². The zero-order chi connectivity index (χ0) is 8.39. The Balaban J connectivity index is 2.63. The number of nitrogens with zero attached hydrogens (tertiary/aromatic N) is 2. The van der Waals surface area contributed by atoms with Crippen LogP contribution in [0.2, 0.25) is 0 Å². The first-order valence-corrected chi connectivity index (χ1v) is 3.41. The molecule has 2 heterocycles. The fraction of sp³-hybridized carbons (Fsp3) is 0. The highest BCUT2D eigenvalue weighted by Gasteiger charge is 2.03. The molecule has 5 heteroatoms. The Hall–Kier alpha value is -1.91. The summed E-state index contributed by atoms with van der Waals surface area (Å²) in [6.45, 7) is 0. The standard InChI is InChI=1S/C7H6N4O/c12-6-1-2-8-11-7(6)5-3-9-10-4-5/h1-4H,(H,8,12)(H,9,10). The quantitative estimate of drug-likeness (QED) is 0.627. The number of nitrogens with one attached hydrogen (secondary N) is 2. The van der Waals surface area contributed by atoms with Gasteiger partial charge in [-0.25, -0.2) is 0 Å². The molecule has 60 valence electrons. The van der Waals surface area contributed by atoms with Crippen LogP contribution in [0.3, 0.4) is 0 Å². The molecular weight excluding hydrogens is 156 g/mol. The summed E-state index contributed by atoms with van der Waals surface area (Å²) in [5, 5.41) is 12.8. The Labute approximate surface area is 67.5 Å². The van der Waals surface area contributed by atoms with Crippen molar-refractivity contribution >= 4 is 0 Å². The molecule has 0 radical (unpaired) electrons. The summed E-state index contributed by atoms with van der Waals surface area (Å²) in [6, 6.07) is 1.43. The Bertz CT molecular complexity index is 417. The van der Waals surface area contributed by atoms with E-state index in [-0.39, 0.29) is 5.43 Å². The van der Waals surface area contributed by atoms with Gasteiger partial charge in [-0.2, -0.15) is 10.2 Å². The van der Waals surface area contributed by atoms with E-state index < -0.39 is 0 Å². The van der Waals surface area contributed by atoms with Gasteiger partial charge in [-0.05, 0) is 0 Å². The van der Waals surface area contributed by atoms with Crippen LogP contribution in [0.1, 0.15) is 0 Å². The van der Waals surface area contributed by atoms with Gasteiger partial charge >= 0.3 is 0 Å². The Morgan fingerprint density at radius 2 is 2.25 bits per heavy atom. The molecule has 5 nitrogen and oxygen atoms in total. The van der Waals surface area contributed by atoms with E-state index in [1.54, 1.807) is 12.4 Å². The largest absolute Gasteiger partial charge is 0.287 e. The Morgan fingerprint density at radius 3 is 2.92 bits per heavy atom. The molecule has 0 atom stereocenters. The van der Waals surface area contributed by atoms with Crippen LogP contribution < -0.4 is 5.43 Å². The van der Waals surface area contributed by atoms with Crippen molar-refractivity contribution in [1.29, 1.82) is 0 Å². The summed E-state index contributed by atoms with van der Waals surface area (Å²) in [5.74, 6) is 0. The summed E-state index contributed by atoms with van der Waals surface area (Å²) in [4.78, 5) is 11.2. The van der Waals surface area contributed by atoms with E-state index in [9.17, 15) is 4.79 Å². The smallest absolute Gasteiger partial charge is 0.208 e. The summed E-state index contributed by atoms with van der Waals surface area (Å²) < 4.78 is 0. The minimum Gasteiger partial charge on any atom is -0.287 e. The predicted octanol–water partition coefficient (Wildman–Crippen LogP) is 0.160. The number of H-pyrrole nitrogens is 2. The van der Waals surface area contributed by atoms with Crippen molar-refractivity contribution in [3.05, 3.63) is 34.9 Å². The highest BCUT2D eigenvalue weighted by Crippen LogP contribution is 2.06. The van der Waals surface area contributed by atoms with E-state index in [1.165, 1.54) is 12.3 Å². The molecule has 0 spiro atoms. The van der Waals surface area contributed by atoms with E-state index in [2.05, 4.69) is 20.4 Å². The zero-order valence-corrected chi connectivity index (χ0v) is 6.11. The van der Waals surface area contributed by atoms with Gasteiger partial charge in [-0.15, -0.1) is 0 Å². The van der Waals surface area contributed by atoms with Gasteiger partial charge < -0.3 is 0 Å². The summed E-state index contributed by atoms with van der Waals surface area (Å²) in [7, 11) is 0. The summed E-state index contributed by atoms with van der Waals surface area (Å²) >= 11 is 0. The average Bonchev–Trinajstić information content (AvgIpc) is 2.57. The van der Waals surface area contributed by atoms with Crippen LogP contribution >= 0.6 is 0 Å². The van der Waals surface area contributed by atoms with Crippen molar-refractivity contribution < 1.29 is 0 Å². The van der Waals surface area contributed by atoms with Crippen molar-refractivity contribution in [1.82, 2.24) is 20.4 Å². The van der Waals surface area contributed by atoms with Crippen molar-refractivity contribution in [2.45, 2.75) is 0 Å². The van der Waals surface area contributed by atoms with Gasteiger partial charge in [0.25, 0.3) is 0 Å². The minimum atomic E-state index is -0.116. The molecule has 0 aliphatic carbocycles. The maximum atomic E-state index is 11.2. The van der Waals surface area contributed by atoms with Gasteiger partial charge in [-0.1, -0.05) is 0 Å². The number of hydrogen-bond donors (Lipinski definition) is 2. The van der Waals surface area contributed by atoms with Crippen LogP contribution in [-0.4, -0.2) is 20.4 Å². The Morgan fingerprint density at radius 1 is 1.33 bits per heavy atom. The third kappa shape index (κ3) is 1.01. The lowest BCUT2D eigenvalue weighted by atomic mass is 10.2. The maximum absolute atomic E-state index is 11.2. The second-order valence-electron chi connectivity index (χ2n) is 2.27. The molecule has 0 unspecified atom stereocenters. The molecule has 0 aliphatic heterocycles. The van der Waals surface area contributed by atoms with Crippen LogP contribution in [0.5, 0.6) is 0 Å². The van der Waals surface area contributed by atoms with Gasteiger partial charge in [-0.3, -0.25) is 15.0 Å². The van der Waals surface area contributed by atoms with Crippen molar-refractivity contribution in [3.63, 3.8) is 0 Å². The Kier molecular flexibility index (Phi) is 1.48. The number of rotatable bonds is 1.